The van der Waals surface area contributed by atoms with Gasteiger partial charge in [0.15, 0.2) is 28.9 Å². The Kier molecular flexibility index (Phi) is 6.39. The van der Waals surface area contributed by atoms with Crippen LogP contribution in [0.2, 0.25) is 0 Å². The molecule has 0 unspecified atom stereocenters. The molecule has 0 bridgehead atoms. The highest BCUT2D eigenvalue weighted by molar-refractivity contribution is 7.81. The van der Waals surface area contributed by atoms with Crippen LogP contribution in [0.3, 0.4) is 0 Å². The first kappa shape index (κ1) is 21.8. The molecule has 0 fully saturated rings. The fraction of sp³-hybridized carbons (Fsp3) is 0.200. The van der Waals surface area contributed by atoms with Crippen LogP contribution in [-0.4, -0.2) is 23.3 Å². The topological polar surface area (TPSA) is 77.7 Å². The maximum atomic E-state index is 13.7. The molecule has 164 valence electrons. The van der Waals surface area contributed by atoms with Crippen molar-refractivity contribution >= 4 is 34.3 Å². The quantitative estimate of drug-likeness (QED) is 0.271. The lowest BCUT2D eigenvalue weighted by Gasteiger charge is -2.22. The molecule has 4 rings (SSSR count). The van der Waals surface area contributed by atoms with Crippen molar-refractivity contribution in [2.75, 3.05) is 18.5 Å². The summed E-state index contributed by atoms with van der Waals surface area (Å²) in [6.45, 7) is 4.74. The Hall–Kier alpha value is -3.42. The molecule has 0 saturated carbocycles. The van der Waals surface area contributed by atoms with Crippen LogP contribution in [0.25, 0.3) is 11.5 Å². The second-order valence-corrected chi connectivity index (χ2v) is 7.99. The molecule has 0 saturated heterocycles. The van der Waals surface area contributed by atoms with E-state index in [-0.39, 0.29) is 23.1 Å². The smallest absolute Gasteiger partial charge is 0.238 e. The zero-order valence-corrected chi connectivity index (χ0v) is 18.7. The Labute approximate surface area is 192 Å². The molecule has 0 radical (unpaired) electrons. The van der Waals surface area contributed by atoms with Crippen LogP contribution in [0.15, 0.2) is 60.9 Å². The van der Waals surface area contributed by atoms with Crippen LogP contribution in [-0.2, 0) is 6.61 Å². The van der Waals surface area contributed by atoms with Gasteiger partial charge in [-0.3, -0.25) is 0 Å². The number of anilines is 1. The maximum absolute atomic E-state index is 13.7. The molecule has 7 heteroatoms. The standard InChI is InChI=1S/C25H24N2O4S/c1-16-5-6-17(2)20(12-16)26-25(32)23(27-9-3-4-18(14-27)15-28)24(29)19-7-8-21-22(13-19)31-11-10-30-21/h3-9,12-14,28H,10-11,15H2,1-2H3,(H-,26,29,32). The number of fused-ring (bicyclic) bond motifs is 1. The number of aryl methyl sites for hydroxylation is 2. The molecule has 6 nitrogen and oxygen atoms in total. The van der Waals surface area contributed by atoms with Crippen LogP contribution in [0.4, 0.5) is 5.69 Å². The summed E-state index contributed by atoms with van der Waals surface area (Å²) in [6, 6.07) is 14.7. The van der Waals surface area contributed by atoms with E-state index in [1.807, 2.05) is 32.0 Å². The molecule has 2 N–H and O–H groups in total. The van der Waals surface area contributed by atoms with Gasteiger partial charge in [0, 0.05) is 17.3 Å². The number of hydrogen-bond acceptors (Lipinski definition) is 5. The van der Waals surface area contributed by atoms with E-state index in [9.17, 15) is 10.2 Å². The Balaban J connectivity index is 1.81. The van der Waals surface area contributed by atoms with Crippen LogP contribution in [0.1, 0.15) is 22.3 Å². The minimum atomic E-state index is -0.273. The molecular formula is C25H24N2O4S. The summed E-state index contributed by atoms with van der Waals surface area (Å²) in [4.78, 5) is 0.277. The summed E-state index contributed by atoms with van der Waals surface area (Å²) in [5.74, 6) is 0.870. The van der Waals surface area contributed by atoms with Crippen molar-refractivity contribution in [1.82, 2.24) is 0 Å². The lowest BCUT2D eigenvalue weighted by molar-refractivity contribution is -0.578. The van der Waals surface area contributed by atoms with Crippen molar-refractivity contribution in [3.63, 3.8) is 0 Å². The van der Waals surface area contributed by atoms with Crippen LogP contribution in [0.5, 0.6) is 11.5 Å². The van der Waals surface area contributed by atoms with Gasteiger partial charge in [-0.15, -0.1) is 0 Å². The number of aromatic nitrogens is 1. The Morgan fingerprint density at radius 3 is 2.66 bits per heavy atom. The number of rotatable bonds is 5. The molecule has 32 heavy (non-hydrogen) atoms. The first-order chi connectivity index (χ1) is 15.5. The van der Waals surface area contributed by atoms with Gasteiger partial charge in [0.1, 0.15) is 13.2 Å². The third-order valence-corrected chi connectivity index (χ3v) is 5.47. The summed E-state index contributed by atoms with van der Waals surface area (Å²) in [5.41, 5.74) is 4.29. The average molecular weight is 449 g/mol. The van der Waals surface area contributed by atoms with Gasteiger partial charge >= 0.3 is 0 Å². The maximum Gasteiger partial charge on any atom is 0.238 e. The summed E-state index contributed by atoms with van der Waals surface area (Å²) >= 11 is 5.71. The number of thiocarbonyl (C=S) groups is 1. The van der Waals surface area contributed by atoms with Crippen molar-refractivity contribution in [3.8, 4) is 11.5 Å². The molecular weight excluding hydrogens is 424 g/mol. The van der Waals surface area contributed by atoms with Gasteiger partial charge in [-0.05, 0) is 60.6 Å². The van der Waals surface area contributed by atoms with Crippen molar-refractivity contribution in [3.05, 3.63) is 83.2 Å². The largest absolute Gasteiger partial charge is 0.867 e. The molecule has 1 aliphatic rings. The fourth-order valence-corrected chi connectivity index (χ4v) is 3.78. The third kappa shape index (κ3) is 4.59. The molecule has 1 aliphatic heterocycles. The zero-order valence-electron chi connectivity index (χ0n) is 17.9. The number of hydrogen-bond donors (Lipinski definition) is 2. The summed E-state index contributed by atoms with van der Waals surface area (Å²) in [7, 11) is 0. The van der Waals surface area contributed by atoms with E-state index in [1.165, 1.54) is 0 Å². The van der Waals surface area contributed by atoms with Gasteiger partial charge < -0.3 is 25.0 Å². The number of aliphatic hydroxyl groups excluding tert-OH is 1. The fourth-order valence-electron chi connectivity index (χ4n) is 3.47. The van der Waals surface area contributed by atoms with Crippen molar-refractivity contribution in [2.24, 2.45) is 0 Å². The second kappa shape index (κ2) is 9.38. The van der Waals surface area contributed by atoms with Gasteiger partial charge in [0.05, 0.1) is 6.61 Å². The molecule has 0 atom stereocenters. The zero-order chi connectivity index (χ0) is 22.7. The highest BCUT2D eigenvalue weighted by atomic mass is 32.1. The van der Waals surface area contributed by atoms with Crippen LogP contribution >= 0.6 is 12.2 Å². The molecule has 1 aromatic heterocycles. The number of nitrogens with one attached hydrogen (secondary N) is 1. The minimum absolute atomic E-state index is 0.149. The Morgan fingerprint density at radius 1 is 1.09 bits per heavy atom. The number of nitrogens with zero attached hydrogens (tertiary/aromatic N) is 1. The Morgan fingerprint density at radius 2 is 1.88 bits per heavy atom. The SMILES string of the molecule is Cc1ccc(C)c(NC(=S)/C(=C(\[O-])c2ccc3c(c2)OCCO3)[n+]2cccc(CO)c2)c1. The molecule has 0 spiro atoms. The van der Waals surface area contributed by atoms with E-state index >= 15 is 0 Å². The lowest BCUT2D eigenvalue weighted by atomic mass is 10.1. The van der Waals surface area contributed by atoms with Crippen LogP contribution in [0, 0.1) is 13.8 Å². The van der Waals surface area contributed by atoms with Gasteiger partial charge in [-0.25, -0.2) is 0 Å². The normalized spacial score (nSPS) is 13.3. The predicted molar refractivity (Wildman–Crippen MR) is 125 cm³/mol. The van der Waals surface area contributed by atoms with E-state index in [1.54, 1.807) is 47.3 Å². The molecule has 2 aromatic carbocycles. The van der Waals surface area contributed by atoms with E-state index < -0.39 is 0 Å². The minimum Gasteiger partial charge on any atom is -0.867 e. The predicted octanol–water partition coefficient (Wildman–Crippen LogP) is 2.98. The lowest BCUT2D eigenvalue weighted by Crippen LogP contribution is -2.40. The second-order valence-electron chi connectivity index (χ2n) is 7.59. The van der Waals surface area contributed by atoms with E-state index in [0.29, 0.717) is 35.8 Å². The molecule has 2 heterocycles. The van der Waals surface area contributed by atoms with E-state index in [0.717, 1.165) is 16.8 Å². The number of benzene rings is 2. The van der Waals surface area contributed by atoms with Gasteiger partial charge in [-0.2, -0.15) is 4.57 Å². The van der Waals surface area contributed by atoms with Gasteiger partial charge in [0.2, 0.25) is 5.70 Å². The monoisotopic (exact) mass is 448 g/mol. The summed E-state index contributed by atoms with van der Waals surface area (Å²) in [5, 5.41) is 26.5. The molecule has 0 amide bonds. The first-order valence-corrected chi connectivity index (χ1v) is 10.7. The molecule has 3 aromatic rings. The van der Waals surface area contributed by atoms with Crippen molar-refractivity contribution in [2.45, 2.75) is 20.5 Å². The number of ether oxygens (including phenoxy) is 2. The summed E-state index contributed by atoms with van der Waals surface area (Å²) < 4.78 is 12.9. The van der Waals surface area contributed by atoms with Crippen LogP contribution < -0.4 is 24.5 Å². The van der Waals surface area contributed by atoms with E-state index in [2.05, 4.69) is 5.32 Å². The number of aliphatic hydroxyl groups is 1. The van der Waals surface area contributed by atoms with Crippen molar-refractivity contribution in [1.29, 1.82) is 0 Å². The van der Waals surface area contributed by atoms with Gasteiger partial charge in [0.25, 0.3) is 0 Å². The summed E-state index contributed by atoms with van der Waals surface area (Å²) in [6.07, 6.45) is 3.43. The highest BCUT2D eigenvalue weighted by Gasteiger charge is 2.21. The van der Waals surface area contributed by atoms with Gasteiger partial charge in [-0.1, -0.05) is 30.4 Å². The number of pyridine rings is 1. The van der Waals surface area contributed by atoms with E-state index in [4.69, 9.17) is 21.7 Å². The Bertz CT molecular complexity index is 1210. The molecule has 0 aliphatic carbocycles. The first-order valence-electron chi connectivity index (χ1n) is 10.3. The third-order valence-electron chi connectivity index (χ3n) is 5.18. The van der Waals surface area contributed by atoms with Crippen molar-refractivity contribution < 1.29 is 24.3 Å². The highest BCUT2D eigenvalue weighted by Crippen LogP contribution is 2.33. The average Bonchev–Trinajstić information content (AvgIpc) is 2.81.